The van der Waals surface area contributed by atoms with E-state index in [4.69, 9.17) is 4.74 Å². The van der Waals surface area contributed by atoms with E-state index in [1.165, 1.54) is 28.6 Å². The number of hydrogen-bond acceptors (Lipinski definition) is 10. The predicted octanol–water partition coefficient (Wildman–Crippen LogP) is 7.23. The van der Waals surface area contributed by atoms with Gasteiger partial charge in [0.2, 0.25) is 5.13 Å². The summed E-state index contributed by atoms with van der Waals surface area (Å²) in [6.45, 7) is 0.932. The number of halogens is 1. The number of anilines is 2. The van der Waals surface area contributed by atoms with Crippen molar-refractivity contribution in [3.63, 3.8) is 0 Å². The van der Waals surface area contributed by atoms with Crippen LogP contribution in [0.1, 0.15) is 24.6 Å². The van der Waals surface area contributed by atoms with Crippen LogP contribution < -0.4 is 10.1 Å². The maximum Gasteiger partial charge on any atom is 0.407 e. The highest BCUT2D eigenvalue weighted by molar-refractivity contribution is 7.99. The quantitative estimate of drug-likeness (QED) is 0.206. The fourth-order valence-electron chi connectivity index (χ4n) is 4.22. The van der Waals surface area contributed by atoms with Crippen LogP contribution in [0.25, 0.3) is 10.2 Å². The highest BCUT2D eigenvalue weighted by Crippen LogP contribution is 2.39. The Hall–Kier alpha value is -3.81. The van der Waals surface area contributed by atoms with E-state index in [-0.39, 0.29) is 11.7 Å². The first kappa shape index (κ1) is 25.5. The Labute approximate surface area is 234 Å². The number of aromatic nitrogens is 4. The average molecular weight is 581 g/mol. The zero-order chi connectivity index (χ0) is 26.8. The Morgan fingerprint density at radius 1 is 1.15 bits per heavy atom. The minimum atomic E-state index is -0.896. The molecule has 1 amide bonds. The number of rotatable bonds is 7. The van der Waals surface area contributed by atoms with E-state index in [1.807, 2.05) is 23.6 Å². The van der Waals surface area contributed by atoms with Crippen molar-refractivity contribution in [1.29, 1.82) is 0 Å². The van der Waals surface area contributed by atoms with Gasteiger partial charge in [-0.1, -0.05) is 11.8 Å². The van der Waals surface area contributed by atoms with Crippen molar-refractivity contribution >= 4 is 61.9 Å². The van der Waals surface area contributed by atoms with Crippen molar-refractivity contribution in [2.45, 2.75) is 28.6 Å². The van der Waals surface area contributed by atoms with Crippen LogP contribution in [0.4, 0.5) is 20.1 Å². The molecule has 0 spiro atoms. The number of pyridine rings is 2. The Morgan fingerprint density at radius 3 is 2.77 bits per heavy atom. The molecular weight excluding hydrogens is 560 g/mol. The molecule has 1 saturated heterocycles. The number of likely N-dealkylation sites (tertiary alicyclic amines) is 1. The molecule has 0 atom stereocenters. The number of thiophene rings is 1. The summed E-state index contributed by atoms with van der Waals surface area (Å²) in [7, 11) is 0. The molecule has 0 bridgehead atoms. The van der Waals surface area contributed by atoms with E-state index in [0.29, 0.717) is 54.2 Å². The van der Waals surface area contributed by atoms with Gasteiger partial charge in [-0.05, 0) is 54.6 Å². The third-order valence-electron chi connectivity index (χ3n) is 6.20. The van der Waals surface area contributed by atoms with Crippen LogP contribution in [-0.4, -0.2) is 48.5 Å². The van der Waals surface area contributed by atoms with Crippen LogP contribution in [0.2, 0.25) is 0 Å². The number of nitrogens with zero attached hydrogens (tertiary/aromatic N) is 5. The Bertz CT molecular complexity index is 1620. The molecule has 1 aliphatic rings. The topological polar surface area (TPSA) is 113 Å². The Kier molecular flexibility index (Phi) is 7.26. The van der Waals surface area contributed by atoms with Crippen LogP contribution in [0.5, 0.6) is 11.5 Å². The molecule has 13 heteroatoms. The van der Waals surface area contributed by atoms with Gasteiger partial charge >= 0.3 is 6.09 Å². The van der Waals surface area contributed by atoms with Gasteiger partial charge in [-0.25, -0.2) is 19.2 Å². The highest BCUT2D eigenvalue weighted by atomic mass is 32.2. The smallest absolute Gasteiger partial charge is 0.407 e. The second-order valence-corrected chi connectivity index (χ2v) is 11.5. The molecule has 198 valence electrons. The molecule has 0 saturated carbocycles. The van der Waals surface area contributed by atoms with Gasteiger partial charge < -0.3 is 20.1 Å². The second kappa shape index (κ2) is 11.1. The van der Waals surface area contributed by atoms with Crippen molar-refractivity contribution in [2.24, 2.45) is 0 Å². The van der Waals surface area contributed by atoms with Gasteiger partial charge in [-0.15, -0.1) is 11.3 Å². The van der Waals surface area contributed by atoms with Crippen molar-refractivity contribution < 1.29 is 19.0 Å². The number of amides is 1. The monoisotopic (exact) mass is 580 g/mol. The van der Waals surface area contributed by atoms with Crippen molar-refractivity contribution in [3.05, 3.63) is 71.9 Å². The van der Waals surface area contributed by atoms with E-state index >= 15 is 0 Å². The van der Waals surface area contributed by atoms with Gasteiger partial charge in [0.05, 0.1) is 10.2 Å². The number of fused-ring (bicyclic) bond motifs is 1. The fourth-order valence-corrected chi connectivity index (χ4v) is 6.75. The Morgan fingerprint density at radius 2 is 1.97 bits per heavy atom. The van der Waals surface area contributed by atoms with Gasteiger partial charge in [-0.2, -0.15) is 4.37 Å². The Balaban J connectivity index is 1.25. The standard InChI is InChI=1S/C26H21FN6O3S3/c27-16-1-3-17(4-2-16)36-20-13-18(38-21-5-9-28-19-8-12-37-22(19)21)14-29-24(20)31-25-30-23(32-39-25)15-6-10-33(11-7-15)26(34)35/h1-5,8-9,12-15H,6-7,10-11H2,(H,34,35)(H,29,30,31,32). The lowest BCUT2D eigenvalue weighted by atomic mass is 9.96. The number of nitrogens with one attached hydrogen (secondary N) is 1. The number of benzene rings is 1. The summed E-state index contributed by atoms with van der Waals surface area (Å²) in [6.07, 6.45) is 4.01. The van der Waals surface area contributed by atoms with Crippen LogP contribution in [0, 0.1) is 5.82 Å². The lowest BCUT2D eigenvalue weighted by molar-refractivity contribution is 0.131. The summed E-state index contributed by atoms with van der Waals surface area (Å²) in [4.78, 5) is 28.2. The summed E-state index contributed by atoms with van der Waals surface area (Å²) in [5.74, 6) is 1.81. The molecule has 4 aromatic heterocycles. The van der Waals surface area contributed by atoms with E-state index in [1.54, 1.807) is 47.6 Å². The molecule has 5 heterocycles. The van der Waals surface area contributed by atoms with Crippen LogP contribution in [0.15, 0.2) is 70.0 Å². The first-order valence-electron chi connectivity index (χ1n) is 12.0. The number of carbonyl (C=O) groups is 1. The van der Waals surface area contributed by atoms with Crippen molar-refractivity contribution in [1.82, 2.24) is 24.2 Å². The average Bonchev–Trinajstić information content (AvgIpc) is 3.62. The summed E-state index contributed by atoms with van der Waals surface area (Å²) < 4.78 is 25.2. The highest BCUT2D eigenvalue weighted by Gasteiger charge is 2.26. The largest absolute Gasteiger partial charge is 0.465 e. The van der Waals surface area contributed by atoms with Gasteiger partial charge in [0.1, 0.15) is 17.4 Å². The van der Waals surface area contributed by atoms with E-state index < -0.39 is 6.09 Å². The van der Waals surface area contributed by atoms with Gasteiger partial charge in [0.15, 0.2) is 11.6 Å². The lowest BCUT2D eigenvalue weighted by Crippen LogP contribution is -2.37. The zero-order valence-corrected chi connectivity index (χ0v) is 22.7. The van der Waals surface area contributed by atoms with Crippen LogP contribution >= 0.6 is 34.6 Å². The number of piperidine rings is 1. The summed E-state index contributed by atoms with van der Waals surface area (Å²) in [5, 5.41) is 15.0. The molecule has 0 radical (unpaired) electrons. The minimum absolute atomic E-state index is 0.100. The van der Waals surface area contributed by atoms with Crippen LogP contribution in [-0.2, 0) is 0 Å². The molecule has 1 aromatic carbocycles. The molecule has 2 N–H and O–H groups in total. The molecular formula is C26H21FN6O3S3. The third-order valence-corrected chi connectivity index (χ3v) is 8.93. The van der Waals surface area contributed by atoms with Crippen molar-refractivity contribution in [3.8, 4) is 11.5 Å². The summed E-state index contributed by atoms with van der Waals surface area (Å²) >= 11 is 4.40. The lowest BCUT2D eigenvalue weighted by Gasteiger charge is -2.28. The SMILES string of the molecule is O=C(O)N1CCC(c2nsc(Nc3ncc(Sc4ccnc5ccsc45)cc3Oc3ccc(F)cc3)n2)CC1. The molecule has 1 aliphatic heterocycles. The number of hydrogen-bond donors (Lipinski definition) is 2. The minimum Gasteiger partial charge on any atom is -0.465 e. The van der Waals surface area contributed by atoms with Gasteiger partial charge in [-0.3, -0.25) is 4.98 Å². The number of carboxylic acid groups (broad SMARTS) is 1. The molecule has 6 rings (SSSR count). The summed E-state index contributed by atoms with van der Waals surface area (Å²) in [5.41, 5.74) is 0.944. The molecule has 5 aromatic rings. The summed E-state index contributed by atoms with van der Waals surface area (Å²) in [6, 6.07) is 11.6. The second-order valence-electron chi connectivity index (χ2n) is 8.75. The molecule has 39 heavy (non-hydrogen) atoms. The third kappa shape index (κ3) is 5.79. The maximum atomic E-state index is 13.5. The van der Waals surface area contributed by atoms with E-state index in [0.717, 1.165) is 20.0 Å². The normalized spacial score (nSPS) is 14.0. The van der Waals surface area contributed by atoms with Crippen molar-refractivity contribution in [2.75, 3.05) is 18.4 Å². The van der Waals surface area contributed by atoms with Gasteiger partial charge in [0, 0.05) is 58.8 Å². The predicted molar refractivity (Wildman–Crippen MR) is 149 cm³/mol. The zero-order valence-electron chi connectivity index (χ0n) is 20.3. The molecule has 1 fully saturated rings. The maximum absolute atomic E-state index is 13.5. The molecule has 9 nitrogen and oxygen atoms in total. The first-order chi connectivity index (χ1) is 19.0. The molecule has 0 unspecified atom stereocenters. The first-order valence-corrected chi connectivity index (χ1v) is 14.5. The van der Waals surface area contributed by atoms with E-state index in [2.05, 4.69) is 24.6 Å². The fraction of sp³-hybridized carbons (Fsp3) is 0.192. The number of ether oxygens (including phenoxy) is 1. The van der Waals surface area contributed by atoms with Crippen LogP contribution in [0.3, 0.4) is 0 Å². The molecule has 0 aliphatic carbocycles. The van der Waals surface area contributed by atoms with E-state index in [9.17, 15) is 14.3 Å². The van der Waals surface area contributed by atoms with Gasteiger partial charge in [0.25, 0.3) is 0 Å².